The molecule has 62 valence electrons. The van der Waals surface area contributed by atoms with Crippen molar-refractivity contribution in [2.45, 2.75) is 18.2 Å². The second-order valence-electron chi connectivity index (χ2n) is 2.52. The Labute approximate surface area is 78.4 Å². The zero-order valence-corrected chi connectivity index (χ0v) is 8.03. The van der Waals surface area contributed by atoms with Crippen LogP contribution in [-0.2, 0) is 0 Å². The second-order valence-corrected chi connectivity index (χ2v) is 3.69. The molecule has 0 heterocycles. The Morgan fingerprint density at radius 3 is 3.00 bits per heavy atom. The van der Waals surface area contributed by atoms with Gasteiger partial charge in [0.2, 0.25) is 0 Å². The molecular weight excluding hydrogens is 164 g/mol. The number of hydrogen-bond acceptors (Lipinski definition) is 1. The largest absolute Gasteiger partial charge is 0.126 e. The van der Waals surface area contributed by atoms with Gasteiger partial charge >= 0.3 is 0 Å². The number of rotatable bonds is 3. The van der Waals surface area contributed by atoms with E-state index >= 15 is 0 Å². The van der Waals surface area contributed by atoms with Crippen molar-refractivity contribution in [3.8, 4) is 12.3 Å². The lowest BCUT2D eigenvalue weighted by Gasteiger charge is -1.99. The molecule has 0 fully saturated rings. The summed E-state index contributed by atoms with van der Waals surface area (Å²) in [6.45, 7) is 2.18. The molecule has 1 aromatic carbocycles. The van der Waals surface area contributed by atoms with Crippen LogP contribution in [0.3, 0.4) is 0 Å². The first-order valence-electron chi connectivity index (χ1n) is 4.06. The highest BCUT2D eigenvalue weighted by Gasteiger charge is 1.92. The molecule has 0 spiro atoms. The molecule has 0 amide bonds. The minimum Gasteiger partial charge on any atom is -0.126 e. The Kier molecular flexibility index (Phi) is 3.76. The van der Waals surface area contributed by atoms with Crippen LogP contribution in [0.25, 0.3) is 0 Å². The Hall–Kier alpha value is -0.870. The molecule has 1 aromatic rings. The topological polar surface area (TPSA) is 0 Å². The van der Waals surface area contributed by atoms with Crippen LogP contribution in [-0.4, -0.2) is 5.75 Å². The van der Waals surface area contributed by atoms with Gasteiger partial charge in [0.25, 0.3) is 0 Å². The molecule has 1 rings (SSSR count). The van der Waals surface area contributed by atoms with E-state index < -0.39 is 0 Å². The SMILES string of the molecule is C#Cc1cccc(SCCC)c1. The highest BCUT2D eigenvalue weighted by atomic mass is 32.2. The number of terminal acetylenes is 1. The average molecular weight is 176 g/mol. The molecule has 1 heteroatoms. The predicted molar refractivity (Wildman–Crippen MR) is 55.4 cm³/mol. The van der Waals surface area contributed by atoms with E-state index in [2.05, 4.69) is 25.0 Å². The Morgan fingerprint density at radius 1 is 1.50 bits per heavy atom. The average Bonchev–Trinajstić information content (AvgIpc) is 2.15. The van der Waals surface area contributed by atoms with Crippen molar-refractivity contribution in [2.24, 2.45) is 0 Å². The van der Waals surface area contributed by atoms with E-state index in [0.717, 1.165) is 11.3 Å². The summed E-state index contributed by atoms with van der Waals surface area (Å²) in [6.07, 6.45) is 6.49. The van der Waals surface area contributed by atoms with Gasteiger partial charge in [-0.2, -0.15) is 0 Å². The first-order valence-corrected chi connectivity index (χ1v) is 5.05. The van der Waals surface area contributed by atoms with Crippen molar-refractivity contribution in [3.05, 3.63) is 29.8 Å². The van der Waals surface area contributed by atoms with Crippen LogP contribution in [0.15, 0.2) is 29.2 Å². The number of hydrogen-bond donors (Lipinski definition) is 0. The number of benzene rings is 1. The lowest BCUT2D eigenvalue weighted by atomic mass is 10.2. The fraction of sp³-hybridized carbons (Fsp3) is 0.273. The Morgan fingerprint density at radius 2 is 2.33 bits per heavy atom. The zero-order chi connectivity index (χ0) is 8.81. The molecule has 0 atom stereocenters. The molecule has 0 nitrogen and oxygen atoms in total. The second kappa shape index (κ2) is 4.90. The summed E-state index contributed by atoms with van der Waals surface area (Å²) in [5.74, 6) is 3.79. The monoisotopic (exact) mass is 176 g/mol. The van der Waals surface area contributed by atoms with Crippen LogP contribution in [0.5, 0.6) is 0 Å². The zero-order valence-electron chi connectivity index (χ0n) is 7.21. The standard InChI is InChI=1S/C11H12S/c1-3-8-12-11-7-5-6-10(4-2)9-11/h2,5-7,9H,3,8H2,1H3. The molecule has 0 aliphatic heterocycles. The summed E-state index contributed by atoms with van der Waals surface area (Å²) in [5, 5.41) is 0. The molecule has 0 saturated heterocycles. The van der Waals surface area contributed by atoms with Gasteiger partial charge in [0.15, 0.2) is 0 Å². The van der Waals surface area contributed by atoms with Crippen molar-refractivity contribution < 1.29 is 0 Å². The van der Waals surface area contributed by atoms with E-state index in [0.29, 0.717) is 0 Å². The van der Waals surface area contributed by atoms with Gasteiger partial charge in [0, 0.05) is 10.5 Å². The molecule has 0 unspecified atom stereocenters. The van der Waals surface area contributed by atoms with Gasteiger partial charge in [0.1, 0.15) is 0 Å². The van der Waals surface area contributed by atoms with Gasteiger partial charge in [0.05, 0.1) is 0 Å². The molecule has 0 radical (unpaired) electrons. The quantitative estimate of drug-likeness (QED) is 0.503. The van der Waals surface area contributed by atoms with Gasteiger partial charge in [-0.05, 0) is 30.4 Å². The van der Waals surface area contributed by atoms with Crippen molar-refractivity contribution in [2.75, 3.05) is 5.75 Å². The van der Waals surface area contributed by atoms with Crippen LogP contribution >= 0.6 is 11.8 Å². The summed E-state index contributed by atoms with van der Waals surface area (Å²) in [6, 6.07) is 8.12. The summed E-state index contributed by atoms with van der Waals surface area (Å²) in [5.41, 5.74) is 0.969. The third-order valence-electron chi connectivity index (χ3n) is 1.47. The maximum Gasteiger partial charge on any atom is 0.0253 e. The smallest absolute Gasteiger partial charge is 0.0253 e. The van der Waals surface area contributed by atoms with Gasteiger partial charge in [-0.15, -0.1) is 18.2 Å². The van der Waals surface area contributed by atoms with Crippen molar-refractivity contribution in [1.82, 2.24) is 0 Å². The molecule has 0 saturated carbocycles. The van der Waals surface area contributed by atoms with Crippen molar-refractivity contribution in [3.63, 3.8) is 0 Å². The van der Waals surface area contributed by atoms with Crippen LogP contribution in [0.4, 0.5) is 0 Å². The van der Waals surface area contributed by atoms with Gasteiger partial charge in [-0.3, -0.25) is 0 Å². The molecule has 0 aliphatic carbocycles. The summed E-state index contributed by atoms with van der Waals surface area (Å²) >= 11 is 1.85. The van der Waals surface area contributed by atoms with E-state index in [9.17, 15) is 0 Å². The highest BCUT2D eigenvalue weighted by Crippen LogP contribution is 2.19. The van der Waals surface area contributed by atoms with E-state index in [1.165, 1.54) is 11.3 Å². The summed E-state index contributed by atoms with van der Waals surface area (Å²) in [4.78, 5) is 1.27. The van der Waals surface area contributed by atoms with Gasteiger partial charge in [-0.25, -0.2) is 0 Å². The molecule has 0 aromatic heterocycles. The molecule has 12 heavy (non-hydrogen) atoms. The van der Waals surface area contributed by atoms with E-state index in [1.807, 2.05) is 23.9 Å². The first kappa shape index (κ1) is 9.22. The third kappa shape index (κ3) is 2.64. The third-order valence-corrected chi connectivity index (χ3v) is 2.67. The molecule has 0 bridgehead atoms. The molecular formula is C11H12S. The minimum atomic E-state index is 0.969. The van der Waals surface area contributed by atoms with Crippen molar-refractivity contribution >= 4 is 11.8 Å². The van der Waals surface area contributed by atoms with E-state index in [1.54, 1.807) is 0 Å². The molecule has 0 N–H and O–H groups in total. The maximum absolute atomic E-state index is 5.29. The maximum atomic E-state index is 5.29. The van der Waals surface area contributed by atoms with Crippen LogP contribution in [0.2, 0.25) is 0 Å². The Bertz CT molecular complexity index is 283. The Balaban J connectivity index is 2.68. The van der Waals surface area contributed by atoms with E-state index in [4.69, 9.17) is 6.42 Å². The normalized spacial score (nSPS) is 9.33. The van der Waals surface area contributed by atoms with Gasteiger partial charge in [-0.1, -0.05) is 18.9 Å². The summed E-state index contributed by atoms with van der Waals surface area (Å²) < 4.78 is 0. The van der Waals surface area contributed by atoms with E-state index in [-0.39, 0.29) is 0 Å². The summed E-state index contributed by atoms with van der Waals surface area (Å²) in [7, 11) is 0. The predicted octanol–water partition coefficient (Wildman–Crippen LogP) is 3.17. The van der Waals surface area contributed by atoms with Crippen LogP contribution in [0, 0.1) is 12.3 Å². The molecule has 0 aliphatic rings. The van der Waals surface area contributed by atoms with Gasteiger partial charge < -0.3 is 0 Å². The van der Waals surface area contributed by atoms with Crippen molar-refractivity contribution in [1.29, 1.82) is 0 Å². The van der Waals surface area contributed by atoms with Crippen LogP contribution < -0.4 is 0 Å². The van der Waals surface area contributed by atoms with Crippen LogP contribution in [0.1, 0.15) is 18.9 Å². The fourth-order valence-electron chi connectivity index (χ4n) is 0.896. The highest BCUT2D eigenvalue weighted by molar-refractivity contribution is 7.99. The fourth-order valence-corrected chi connectivity index (χ4v) is 1.72. The lowest BCUT2D eigenvalue weighted by Crippen LogP contribution is -1.78. The lowest BCUT2D eigenvalue weighted by molar-refractivity contribution is 1.10. The number of thioether (sulfide) groups is 1. The minimum absolute atomic E-state index is 0.969. The first-order chi connectivity index (χ1) is 5.86.